The van der Waals surface area contributed by atoms with Crippen molar-refractivity contribution in [3.05, 3.63) is 29.6 Å². The summed E-state index contributed by atoms with van der Waals surface area (Å²) in [6.45, 7) is 4.22. The Labute approximate surface area is 83.5 Å². The first-order valence-corrected chi connectivity index (χ1v) is 4.59. The monoisotopic (exact) mass is 193 g/mol. The number of hydrazine groups is 1. The maximum atomic E-state index is 11.2. The standard InChI is InChI=1S/C10H15N3O/c1-7(2)5-9-6-8(3-4-12-9)10(14)13-11/h3-4,6-7H,5,11H2,1-2H3,(H,13,14). The van der Waals surface area contributed by atoms with Crippen molar-refractivity contribution in [2.24, 2.45) is 11.8 Å². The maximum Gasteiger partial charge on any atom is 0.265 e. The first-order chi connectivity index (χ1) is 6.63. The van der Waals surface area contributed by atoms with Crippen LogP contribution in [0.4, 0.5) is 0 Å². The molecule has 0 atom stereocenters. The van der Waals surface area contributed by atoms with Crippen LogP contribution in [0.15, 0.2) is 18.3 Å². The van der Waals surface area contributed by atoms with Crippen LogP contribution in [-0.2, 0) is 6.42 Å². The highest BCUT2D eigenvalue weighted by Crippen LogP contribution is 2.07. The second-order valence-corrected chi connectivity index (χ2v) is 3.61. The molecule has 1 heterocycles. The number of nitrogen functional groups attached to an aromatic ring is 1. The molecule has 0 spiro atoms. The summed E-state index contributed by atoms with van der Waals surface area (Å²) in [5.41, 5.74) is 3.57. The summed E-state index contributed by atoms with van der Waals surface area (Å²) < 4.78 is 0. The zero-order valence-electron chi connectivity index (χ0n) is 8.45. The number of nitrogens with zero attached hydrogens (tertiary/aromatic N) is 1. The molecule has 4 heteroatoms. The second kappa shape index (κ2) is 4.72. The van der Waals surface area contributed by atoms with Gasteiger partial charge < -0.3 is 0 Å². The van der Waals surface area contributed by atoms with Gasteiger partial charge >= 0.3 is 0 Å². The Morgan fingerprint density at radius 2 is 2.36 bits per heavy atom. The van der Waals surface area contributed by atoms with Gasteiger partial charge in [0.15, 0.2) is 0 Å². The van der Waals surface area contributed by atoms with Gasteiger partial charge in [0.2, 0.25) is 0 Å². The van der Waals surface area contributed by atoms with E-state index in [2.05, 4.69) is 24.3 Å². The Morgan fingerprint density at radius 1 is 1.64 bits per heavy atom. The highest BCUT2D eigenvalue weighted by atomic mass is 16.2. The Morgan fingerprint density at radius 3 is 2.93 bits per heavy atom. The van der Waals surface area contributed by atoms with Gasteiger partial charge in [-0.25, -0.2) is 5.84 Å². The van der Waals surface area contributed by atoms with Crippen molar-refractivity contribution < 1.29 is 4.79 Å². The first-order valence-electron chi connectivity index (χ1n) is 4.59. The van der Waals surface area contributed by atoms with Crippen molar-refractivity contribution in [1.82, 2.24) is 10.4 Å². The molecule has 0 aliphatic heterocycles. The van der Waals surface area contributed by atoms with Crippen LogP contribution in [0, 0.1) is 5.92 Å². The van der Waals surface area contributed by atoms with Crippen molar-refractivity contribution in [1.29, 1.82) is 0 Å². The fourth-order valence-electron chi connectivity index (χ4n) is 1.23. The van der Waals surface area contributed by atoms with Crippen LogP contribution in [0.1, 0.15) is 29.9 Å². The van der Waals surface area contributed by atoms with E-state index in [0.29, 0.717) is 11.5 Å². The second-order valence-electron chi connectivity index (χ2n) is 3.61. The summed E-state index contributed by atoms with van der Waals surface area (Å²) in [6.07, 6.45) is 2.49. The van der Waals surface area contributed by atoms with Crippen LogP contribution in [0.3, 0.4) is 0 Å². The molecule has 0 saturated carbocycles. The van der Waals surface area contributed by atoms with Gasteiger partial charge in [0.25, 0.3) is 5.91 Å². The summed E-state index contributed by atoms with van der Waals surface area (Å²) in [6, 6.07) is 3.41. The van der Waals surface area contributed by atoms with Gasteiger partial charge in [0, 0.05) is 17.5 Å². The quantitative estimate of drug-likeness (QED) is 0.425. The Kier molecular flexibility index (Phi) is 3.59. The van der Waals surface area contributed by atoms with Crippen molar-refractivity contribution in [3.8, 4) is 0 Å². The molecule has 1 aromatic rings. The van der Waals surface area contributed by atoms with Gasteiger partial charge in [-0.2, -0.15) is 0 Å². The Hall–Kier alpha value is -1.42. The van der Waals surface area contributed by atoms with E-state index in [9.17, 15) is 4.79 Å². The molecule has 0 aliphatic carbocycles. The van der Waals surface area contributed by atoms with E-state index in [0.717, 1.165) is 12.1 Å². The summed E-state index contributed by atoms with van der Waals surface area (Å²) >= 11 is 0. The summed E-state index contributed by atoms with van der Waals surface area (Å²) in [5.74, 6) is 5.28. The molecule has 1 amide bonds. The molecule has 76 valence electrons. The molecule has 1 rings (SSSR count). The van der Waals surface area contributed by atoms with Crippen molar-refractivity contribution in [2.75, 3.05) is 0 Å². The van der Waals surface area contributed by atoms with Crippen LogP contribution < -0.4 is 11.3 Å². The molecule has 1 aromatic heterocycles. The molecular weight excluding hydrogens is 178 g/mol. The number of pyridine rings is 1. The molecule has 0 unspecified atom stereocenters. The number of amides is 1. The number of rotatable bonds is 3. The minimum Gasteiger partial charge on any atom is -0.290 e. The smallest absolute Gasteiger partial charge is 0.265 e. The highest BCUT2D eigenvalue weighted by Gasteiger charge is 2.05. The van der Waals surface area contributed by atoms with Gasteiger partial charge in [0.1, 0.15) is 0 Å². The molecule has 0 bridgehead atoms. The largest absolute Gasteiger partial charge is 0.290 e. The molecule has 0 fully saturated rings. The minimum atomic E-state index is -0.280. The van der Waals surface area contributed by atoms with Crippen molar-refractivity contribution >= 4 is 5.91 Å². The first kappa shape index (κ1) is 10.7. The molecule has 0 radical (unpaired) electrons. The van der Waals surface area contributed by atoms with E-state index >= 15 is 0 Å². The predicted molar refractivity (Wildman–Crippen MR) is 54.4 cm³/mol. The third-order valence-electron chi connectivity index (χ3n) is 1.83. The van der Waals surface area contributed by atoms with E-state index in [1.807, 2.05) is 0 Å². The molecule has 0 aliphatic rings. The fraction of sp³-hybridized carbons (Fsp3) is 0.400. The van der Waals surface area contributed by atoms with Gasteiger partial charge in [0.05, 0.1) is 0 Å². The SMILES string of the molecule is CC(C)Cc1cc(C(=O)NN)ccn1. The number of nitrogens with one attached hydrogen (secondary N) is 1. The van der Waals surface area contributed by atoms with Crippen LogP contribution in [0.2, 0.25) is 0 Å². The molecule has 3 N–H and O–H groups in total. The normalized spacial score (nSPS) is 10.3. The van der Waals surface area contributed by atoms with E-state index in [1.54, 1.807) is 18.3 Å². The van der Waals surface area contributed by atoms with E-state index < -0.39 is 0 Å². The van der Waals surface area contributed by atoms with Gasteiger partial charge in [-0.3, -0.25) is 15.2 Å². The third kappa shape index (κ3) is 2.81. The zero-order valence-corrected chi connectivity index (χ0v) is 8.45. The van der Waals surface area contributed by atoms with Crippen LogP contribution >= 0.6 is 0 Å². The van der Waals surface area contributed by atoms with Crippen molar-refractivity contribution in [2.45, 2.75) is 20.3 Å². The molecule has 0 saturated heterocycles. The molecule has 4 nitrogen and oxygen atoms in total. The summed E-state index contributed by atoms with van der Waals surface area (Å²) in [5, 5.41) is 0. The van der Waals surface area contributed by atoms with Crippen LogP contribution in [0.25, 0.3) is 0 Å². The number of hydrogen-bond acceptors (Lipinski definition) is 3. The molecule has 0 aromatic carbocycles. The number of carbonyl (C=O) groups is 1. The van der Waals surface area contributed by atoms with Gasteiger partial charge in [-0.1, -0.05) is 13.8 Å². The minimum absolute atomic E-state index is 0.280. The van der Waals surface area contributed by atoms with E-state index in [-0.39, 0.29) is 5.91 Å². The summed E-state index contributed by atoms with van der Waals surface area (Å²) in [4.78, 5) is 15.4. The van der Waals surface area contributed by atoms with Crippen LogP contribution in [-0.4, -0.2) is 10.9 Å². The average molecular weight is 193 g/mol. The Balaban J connectivity index is 2.84. The maximum absolute atomic E-state index is 11.2. The zero-order chi connectivity index (χ0) is 10.6. The molecule has 14 heavy (non-hydrogen) atoms. The van der Waals surface area contributed by atoms with E-state index in [4.69, 9.17) is 5.84 Å². The predicted octanol–water partition coefficient (Wildman–Crippen LogP) is 0.884. The highest BCUT2D eigenvalue weighted by molar-refractivity contribution is 5.93. The lowest BCUT2D eigenvalue weighted by Crippen LogP contribution is -2.30. The molecular formula is C10H15N3O. The third-order valence-corrected chi connectivity index (χ3v) is 1.83. The van der Waals surface area contributed by atoms with Gasteiger partial charge in [-0.15, -0.1) is 0 Å². The number of nitrogens with two attached hydrogens (primary N) is 1. The lowest BCUT2D eigenvalue weighted by Gasteiger charge is -2.05. The topological polar surface area (TPSA) is 68.0 Å². The number of hydrogen-bond donors (Lipinski definition) is 2. The average Bonchev–Trinajstić information content (AvgIpc) is 2.16. The lowest BCUT2D eigenvalue weighted by molar-refractivity contribution is 0.0953. The fourth-order valence-corrected chi connectivity index (χ4v) is 1.23. The van der Waals surface area contributed by atoms with Crippen LogP contribution in [0.5, 0.6) is 0 Å². The number of aromatic nitrogens is 1. The van der Waals surface area contributed by atoms with Gasteiger partial charge in [-0.05, 0) is 24.5 Å². The summed E-state index contributed by atoms with van der Waals surface area (Å²) in [7, 11) is 0. The number of carbonyl (C=O) groups excluding carboxylic acids is 1. The van der Waals surface area contributed by atoms with Crippen molar-refractivity contribution in [3.63, 3.8) is 0 Å². The Bertz CT molecular complexity index is 323. The van der Waals surface area contributed by atoms with E-state index in [1.165, 1.54) is 0 Å². The lowest BCUT2D eigenvalue weighted by atomic mass is 10.1.